The second-order valence-electron chi connectivity index (χ2n) is 10.4. The van der Waals surface area contributed by atoms with E-state index in [1.54, 1.807) is 36.5 Å². The molecule has 0 radical (unpaired) electrons. The molecule has 2 aromatic rings. The minimum atomic E-state index is -1.11. The van der Waals surface area contributed by atoms with Crippen molar-refractivity contribution in [2.24, 2.45) is 10.7 Å². The molecule has 0 bridgehead atoms. The van der Waals surface area contributed by atoms with Crippen LogP contribution >= 0.6 is 0 Å². The summed E-state index contributed by atoms with van der Waals surface area (Å²) in [4.78, 5) is 61.8. The SMILES string of the molecule is CCCN(CCC)C(=O)C1=Cc2ccc(C(=O)Nc3cncc(CNC(=O)[C@@H]4CCCN4C(=O)O)c3)cc2N=C(N)C1. The standard InChI is InChI=1S/C30H37N7O5/c1-3-9-36(10-4-2)29(40)22-13-20-7-8-21(14-24(20)35-26(31)15-22)27(38)34-23-12-19(16-32-18-23)17-33-28(39)25-6-5-11-37(25)30(41)42/h7-8,12-14,16,18,25H,3-6,9-11,15,17H2,1-2H3,(H2,31,35)(H,33,39)(H,34,38)(H,41,42)/t25-/m0/s1. The number of likely N-dealkylation sites (tertiary alicyclic amines) is 1. The lowest BCUT2D eigenvalue weighted by molar-refractivity contribution is -0.127. The van der Waals surface area contributed by atoms with Gasteiger partial charge in [-0.3, -0.25) is 24.3 Å². The van der Waals surface area contributed by atoms with Crippen LogP contribution in [0.25, 0.3) is 6.08 Å². The first-order valence-corrected chi connectivity index (χ1v) is 14.2. The number of hydrogen-bond donors (Lipinski definition) is 4. The molecule has 0 aliphatic carbocycles. The zero-order chi connectivity index (χ0) is 30.2. The molecular weight excluding hydrogens is 538 g/mol. The first-order valence-electron chi connectivity index (χ1n) is 14.2. The van der Waals surface area contributed by atoms with Crippen molar-refractivity contribution in [3.8, 4) is 0 Å². The van der Waals surface area contributed by atoms with E-state index in [1.807, 2.05) is 18.7 Å². The number of anilines is 1. The molecule has 1 atom stereocenters. The summed E-state index contributed by atoms with van der Waals surface area (Å²) < 4.78 is 0. The predicted octanol–water partition coefficient (Wildman–Crippen LogP) is 3.52. The van der Waals surface area contributed by atoms with Crippen LogP contribution < -0.4 is 16.4 Å². The number of benzene rings is 1. The number of nitrogens with zero attached hydrogens (tertiary/aromatic N) is 4. The Morgan fingerprint density at radius 1 is 1.12 bits per heavy atom. The Bertz CT molecular complexity index is 1410. The van der Waals surface area contributed by atoms with Gasteiger partial charge in [-0.25, -0.2) is 9.79 Å². The molecule has 2 aliphatic heterocycles. The summed E-state index contributed by atoms with van der Waals surface area (Å²) in [5, 5.41) is 14.8. The van der Waals surface area contributed by atoms with Crippen LogP contribution in [0.3, 0.4) is 0 Å². The van der Waals surface area contributed by atoms with Crippen molar-refractivity contribution in [2.75, 3.05) is 25.0 Å². The molecule has 4 rings (SSSR count). The van der Waals surface area contributed by atoms with Gasteiger partial charge in [0.25, 0.3) is 5.91 Å². The van der Waals surface area contributed by atoms with Gasteiger partial charge in [0.05, 0.1) is 17.6 Å². The van der Waals surface area contributed by atoms with Crippen molar-refractivity contribution in [3.05, 3.63) is 58.9 Å². The van der Waals surface area contributed by atoms with Crippen molar-refractivity contribution in [2.45, 2.75) is 58.5 Å². The maximum absolute atomic E-state index is 13.2. The lowest BCUT2D eigenvalue weighted by Gasteiger charge is -2.22. The Kier molecular flexibility index (Phi) is 9.89. The zero-order valence-corrected chi connectivity index (χ0v) is 23.9. The number of carbonyl (C=O) groups is 4. The maximum Gasteiger partial charge on any atom is 0.407 e. The highest BCUT2D eigenvalue weighted by Crippen LogP contribution is 2.29. The summed E-state index contributed by atoms with van der Waals surface area (Å²) in [6.07, 6.45) is 6.80. The Morgan fingerprint density at radius 3 is 2.60 bits per heavy atom. The number of pyridine rings is 1. The van der Waals surface area contributed by atoms with Gasteiger partial charge >= 0.3 is 6.09 Å². The smallest absolute Gasteiger partial charge is 0.407 e. The number of nitrogens with one attached hydrogen (secondary N) is 2. The summed E-state index contributed by atoms with van der Waals surface area (Å²) >= 11 is 0. The Morgan fingerprint density at radius 2 is 1.88 bits per heavy atom. The van der Waals surface area contributed by atoms with Gasteiger partial charge in [-0.2, -0.15) is 0 Å². The van der Waals surface area contributed by atoms with Gasteiger partial charge in [0.2, 0.25) is 11.8 Å². The van der Waals surface area contributed by atoms with Gasteiger partial charge in [0.15, 0.2) is 0 Å². The lowest BCUT2D eigenvalue weighted by atomic mass is 10.0. The van der Waals surface area contributed by atoms with Crippen molar-refractivity contribution >= 4 is 47.1 Å². The monoisotopic (exact) mass is 575 g/mol. The number of amidine groups is 1. The Balaban J connectivity index is 1.44. The van der Waals surface area contributed by atoms with Gasteiger partial charge in [-0.1, -0.05) is 19.9 Å². The molecule has 1 saturated heterocycles. The largest absolute Gasteiger partial charge is 0.465 e. The van der Waals surface area contributed by atoms with Gasteiger partial charge in [0, 0.05) is 55.5 Å². The molecule has 12 heteroatoms. The number of fused-ring (bicyclic) bond motifs is 1. The quantitative estimate of drug-likeness (QED) is 0.336. The fourth-order valence-electron chi connectivity index (χ4n) is 5.16. The highest BCUT2D eigenvalue weighted by Gasteiger charge is 2.33. The Labute approximate surface area is 244 Å². The van der Waals surface area contributed by atoms with E-state index in [9.17, 15) is 24.3 Å². The first-order chi connectivity index (χ1) is 20.2. The molecule has 1 aromatic carbocycles. The minimum absolute atomic E-state index is 0.0578. The number of rotatable bonds is 10. The Hall–Kier alpha value is -4.74. The topological polar surface area (TPSA) is 170 Å². The van der Waals surface area contributed by atoms with Crippen molar-refractivity contribution in [3.63, 3.8) is 0 Å². The molecular formula is C30H37N7O5. The fraction of sp³-hybridized carbons (Fsp3) is 0.400. The second kappa shape index (κ2) is 13.7. The summed E-state index contributed by atoms with van der Waals surface area (Å²) in [5.74, 6) is -0.518. The number of carbonyl (C=O) groups excluding carboxylic acids is 3. The van der Waals surface area contributed by atoms with E-state index in [1.165, 1.54) is 6.20 Å². The molecule has 42 heavy (non-hydrogen) atoms. The predicted molar refractivity (Wildman–Crippen MR) is 159 cm³/mol. The third-order valence-corrected chi connectivity index (χ3v) is 7.13. The molecule has 5 N–H and O–H groups in total. The number of aliphatic imine (C=N–C) groups is 1. The number of nitrogens with two attached hydrogens (primary N) is 1. The first kappa shape index (κ1) is 30.2. The third kappa shape index (κ3) is 7.31. The van der Waals surface area contributed by atoms with Crippen LogP contribution in [-0.4, -0.2) is 75.2 Å². The van der Waals surface area contributed by atoms with E-state index in [-0.39, 0.29) is 30.7 Å². The lowest BCUT2D eigenvalue weighted by Crippen LogP contribution is -2.45. The summed E-state index contributed by atoms with van der Waals surface area (Å²) in [5.41, 5.74) is 9.35. The molecule has 1 aromatic heterocycles. The van der Waals surface area contributed by atoms with Crippen LogP contribution in [0.1, 0.15) is 67.4 Å². The highest BCUT2D eigenvalue weighted by molar-refractivity contribution is 6.08. The van der Waals surface area contributed by atoms with Crippen LogP contribution in [0, 0.1) is 0 Å². The van der Waals surface area contributed by atoms with E-state index in [0.29, 0.717) is 71.9 Å². The molecule has 0 spiro atoms. The number of amides is 4. The molecule has 4 amide bonds. The highest BCUT2D eigenvalue weighted by atomic mass is 16.4. The maximum atomic E-state index is 13.2. The van der Waals surface area contributed by atoms with Crippen LogP contribution in [0.2, 0.25) is 0 Å². The number of hydrogen-bond acceptors (Lipinski definition) is 7. The molecule has 2 aliphatic rings. The molecule has 222 valence electrons. The second-order valence-corrected chi connectivity index (χ2v) is 10.4. The van der Waals surface area contributed by atoms with E-state index >= 15 is 0 Å². The molecule has 0 unspecified atom stereocenters. The van der Waals surface area contributed by atoms with Crippen molar-refractivity contribution < 1.29 is 24.3 Å². The van der Waals surface area contributed by atoms with E-state index in [4.69, 9.17) is 5.73 Å². The molecule has 3 heterocycles. The minimum Gasteiger partial charge on any atom is -0.465 e. The summed E-state index contributed by atoms with van der Waals surface area (Å²) in [7, 11) is 0. The van der Waals surface area contributed by atoms with Gasteiger partial charge in [-0.05, 0) is 55.5 Å². The molecule has 0 saturated carbocycles. The van der Waals surface area contributed by atoms with Gasteiger partial charge < -0.3 is 26.4 Å². The van der Waals surface area contributed by atoms with Crippen molar-refractivity contribution in [1.82, 2.24) is 20.1 Å². The van der Waals surface area contributed by atoms with Gasteiger partial charge in [-0.15, -0.1) is 0 Å². The van der Waals surface area contributed by atoms with E-state index in [2.05, 4.69) is 20.6 Å². The normalized spacial score (nSPS) is 16.0. The third-order valence-electron chi connectivity index (χ3n) is 7.13. The average Bonchev–Trinajstić information content (AvgIpc) is 3.40. The average molecular weight is 576 g/mol. The van der Waals surface area contributed by atoms with Crippen LogP contribution in [-0.2, 0) is 16.1 Å². The zero-order valence-electron chi connectivity index (χ0n) is 23.9. The number of carboxylic acid groups (broad SMARTS) is 1. The fourth-order valence-corrected chi connectivity index (χ4v) is 5.16. The van der Waals surface area contributed by atoms with Crippen LogP contribution in [0.15, 0.2) is 47.2 Å². The molecule has 12 nitrogen and oxygen atoms in total. The number of aromatic nitrogens is 1. The van der Waals surface area contributed by atoms with E-state index in [0.717, 1.165) is 17.7 Å². The van der Waals surface area contributed by atoms with Crippen molar-refractivity contribution in [1.29, 1.82) is 0 Å². The van der Waals surface area contributed by atoms with Crippen LogP contribution in [0.5, 0.6) is 0 Å². The molecule has 1 fully saturated rings. The summed E-state index contributed by atoms with van der Waals surface area (Å²) in [6, 6.07) is 6.02. The van der Waals surface area contributed by atoms with Gasteiger partial charge in [0.1, 0.15) is 11.9 Å². The summed E-state index contributed by atoms with van der Waals surface area (Å²) in [6.45, 7) is 5.87. The van der Waals surface area contributed by atoms with Crippen LogP contribution in [0.4, 0.5) is 16.2 Å². The van der Waals surface area contributed by atoms with E-state index < -0.39 is 12.1 Å².